The summed E-state index contributed by atoms with van der Waals surface area (Å²) < 4.78 is 0. The minimum absolute atomic E-state index is 0.0288. The van der Waals surface area contributed by atoms with Gasteiger partial charge >= 0.3 is 5.97 Å². The predicted molar refractivity (Wildman–Crippen MR) is 134 cm³/mol. The number of carboxylic acid groups (broad SMARTS) is 1. The van der Waals surface area contributed by atoms with Crippen molar-refractivity contribution >= 4 is 29.3 Å². The predicted octanol–water partition coefficient (Wildman–Crippen LogP) is 2.09. The second-order valence-electron chi connectivity index (χ2n) is 11.9. The van der Waals surface area contributed by atoms with Gasteiger partial charge in [0.25, 0.3) is 5.91 Å². The molecule has 0 spiro atoms. The van der Waals surface area contributed by atoms with Crippen LogP contribution in [0, 0.1) is 28.6 Å². The minimum Gasteiger partial charge on any atom is -0.480 e. The molecule has 10 heteroatoms. The number of nitrogens with one attached hydrogen (secondary N) is 1. The second-order valence-corrected chi connectivity index (χ2v) is 11.9. The number of allylic oxidation sites excluding steroid dienone is 2. The highest BCUT2D eigenvalue weighted by Gasteiger charge is 2.65. The molecule has 0 bridgehead atoms. The van der Waals surface area contributed by atoms with Crippen LogP contribution < -0.4 is 11.1 Å². The molecule has 5 N–H and O–H groups in total. The third kappa shape index (κ3) is 4.69. The lowest BCUT2D eigenvalue weighted by Gasteiger charge is -2.59. The van der Waals surface area contributed by atoms with Crippen LogP contribution in [0.25, 0.3) is 0 Å². The molecule has 0 unspecified atom stereocenters. The first-order valence-electron chi connectivity index (χ1n) is 13.3. The van der Waals surface area contributed by atoms with Crippen LogP contribution in [0.4, 0.5) is 0 Å². The van der Waals surface area contributed by atoms with Gasteiger partial charge in [-0.15, -0.1) is 0 Å². The minimum atomic E-state index is -1.40. The van der Waals surface area contributed by atoms with Crippen LogP contribution >= 0.6 is 0 Å². The Labute approximate surface area is 217 Å². The zero-order valence-corrected chi connectivity index (χ0v) is 21.9. The Bertz CT molecular complexity index is 1050. The quantitative estimate of drug-likeness (QED) is 0.357. The molecular weight excluding hydrogens is 478 g/mol. The fourth-order valence-corrected chi connectivity index (χ4v) is 8.05. The number of primary amides is 1. The summed E-state index contributed by atoms with van der Waals surface area (Å²) in [6, 6.07) is -1.40. The number of rotatable bonds is 8. The van der Waals surface area contributed by atoms with Gasteiger partial charge in [0.2, 0.25) is 5.91 Å². The monoisotopic (exact) mass is 517 g/mol. The normalized spacial score (nSPS) is 38.4. The SMILES string of the molecule is CC(=O)[C@@]1(O)CC[C@H]2[C@@H]3CCC4=C/C(=N/OCC(=O)N[C@@H](CC(N)=O)C(=O)O)CC[C@]4(C)[C@H]3CC[C@@]21C. The Morgan fingerprint density at radius 3 is 2.49 bits per heavy atom. The molecule has 10 nitrogen and oxygen atoms in total. The first-order valence-corrected chi connectivity index (χ1v) is 13.3. The first kappa shape index (κ1) is 27.3. The summed E-state index contributed by atoms with van der Waals surface area (Å²) >= 11 is 0. The molecule has 4 aliphatic rings. The number of amides is 2. The summed E-state index contributed by atoms with van der Waals surface area (Å²) in [6.45, 7) is 5.53. The molecule has 2 amide bonds. The number of aliphatic hydroxyl groups is 1. The number of aliphatic carboxylic acids is 1. The summed E-state index contributed by atoms with van der Waals surface area (Å²) in [4.78, 5) is 51.8. The van der Waals surface area contributed by atoms with E-state index < -0.39 is 42.5 Å². The number of hydrogen-bond donors (Lipinski definition) is 4. The Morgan fingerprint density at radius 2 is 1.84 bits per heavy atom. The van der Waals surface area contributed by atoms with Crippen molar-refractivity contribution < 1.29 is 34.2 Å². The van der Waals surface area contributed by atoms with Crippen molar-refractivity contribution in [2.24, 2.45) is 39.5 Å². The van der Waals surface area contributed by atoms with Gasteiger partial charge in [-0.3, -0.25) is 14.4 Å². The summed E-state index contributed by atoms with van der Waals surface area (Å²) in [5.41, 5.74) is 5.58. The summed E-state index contributed by atoms with van der Waals surface area (Å²) in [5.74, 6) is -1.65. The van der Waals surface area contributed by atoms with E-state index in [9.17, 15) is 24.3 Å². The van der Waals surface area contributed by atoms with E-state index in [0.717, 1.165) is 44.2 Å². The molecular formula is C27H39N3O7. The molecule has 0 aromatic rings. The first-order chi connectivity index (χ1) is 17.3. The van der Waals surface area contributed by atoms with Crippen molar-refractivity contribution in [3.8, 4) is 0 Å². The maximum absolute atomic E-state index is 12.4. The van der Waals surface area contributed by atoms with E-state index >= 15 is 0 Å². The fraction of sp³-hybridized carbons (Fsp3) is 0.741. The molecule has 0 aromatic heterocycles. The van der Waals surface area contributed by atoms with Gasteiger partial charge in [-0.1, -0.05) is 24.6 Å². The van der Waals surface area contributed by atoms with E-state index in [1.807, 2.05) is 0 Å². The molecule has 0 heterocycles. The van der Waals surface area contributed by atoms with E-state index in [1.165, 1.54) is 12.5 Å². The zero-order chi connectivity index (χ0) is 27.2. The summed E-state index contributed by atoms with van der Waals surface area (Å²) in [6.07, 6.45) is 8.43. The molecule has 4 aliphatic carbocycles. The lowest BCUT2D eigenvalue weighted by molar-refractivity contribution is -0.159. The number of nitrogens with zero attached hydrogens (tertiary/aromatic N) is 1. The number of oxime groups is 1. The number of fused-ring (bicyclic) bond motifs is 5. The van der Waals surface area contributed by atoms with E-state index in [0.29, 0.717) is 30.6 Å². The van der Waals surface area contributed by atoms with Gasteiger partial charge in [-0.25, -0.2) is 4.79 Å². The maximum Gasteiger partial charge on any atom is 0.326 e. The van der Waals surface area contributed by atoms with Gasteiger partial charge in [0, 0.05) is 5.41 Å². The molecule has 7 atom stereocenters. The lowest BCUT2D eigenvalue weighted by Crippen LogP contribution is -2.57. The molecule has 0 aromatic carbocycles. The van der Waals surface area contributed by atoms with Gasteiger partial charge in [-0.05, 0) is 87.5 Å². The van der Waals surface area contributed by atoms with Crippen molar-refractivity contribution in [3.63, 3.8) is 0 Å². The number of hydrogen-bond acceptors (Lipinski definition) is 7. The van der Waals surface area contributed by atoms with Crippen LogP contribution in [0.1, 0.15) is 78.6 Å². The van der Waals surface area contributed by atoms with Crippen molar-refractivity contribution in [1.82, 2.24) is 5.32 Å². The average Bonchev–Trinajstić information content (AvgIpc) is 3.10. The summed E-state index contributed by atoms with van der Waals surface area (Å²) in [5, 5.41) is 26.8. The van der Waals surface area contributed by atoms with Gasteiger partial charge < -0.3 is 26.1 Å². The van der Waals surface area contributed by atoms with Crippen molar-refractivity contribution in [3.05, 3.63) is 11.6 Å². The Morgan fingerprint density at radius 1 is 1.14 bits per heavy atom. The number of carboxylic acids is 1. The number of carbonyl (C=O) groups excluding carboxylic acids is 3. The van der Waals surface area contributed by atoms with Crippen LogP contribution in [0.2, 0.25) is 0 Å². The van der Waals surface area contributed by atoms with Gasteiger partial charge in [-0.2, -0.15) is 0 Å². The third-order valence-corrected chi connectivity index (χ3v) is 10.1. The summed E-state index contributed by atoms with van der Waals surface area (Å²) in [7, 11) is 0. The topological polar surface area (TPSA) is 168 Å². The largest absolute Gasteiger partial charge is 0.480 e. The zero-order valence-electron chi connectivity index (χ0n) is 21.9. The van der Waals surface area contributed by atoms with Crippen LogP contribution in [0.5, 0.6) is 0 Å². The van der Waals surface area contributed by atoms with E-state index in [-0.39, 0.29) is 16.6 Å². The molecule has 4 rings (SSSR count). The Balaban J connectivity index is 1.40. The van der Waals surface area contributed by atoms with Gasteiger partial charge in [0.05, 0.1) is 12.1 Å². The lowest BCUT2D eigenvalue weighted by atomic mass is 9.46. The second kappa shape index (κ2) is 9.85. The standard InChI is InChI=1S/C27H39N3O7/c1-15(31)27(36)11-8-20-18-5-4-16-12-17(6-9-25(16,2)19(18)7-10-26(20,27)3)30-37-14-23(33)29-21(24(34)35)13-22(28)32/h12,18-21,36H,4-11,13-14H2,1-3H3,(H2,28,32)(H,29,33)(H,34,35)/b30-17+/t18-,19+,20+,21+,25+,26+,27+/m1/s1. The Kier molecular flexibility index (Phi) is 7.27. The van der Waals surface area contributed by atoms with Crippen LogP contribution in [-0.4, -0.2) is 57.7 Å². The van der Waals surface area contributed by atoms with Crippen molar-refractivity contribution in [2.45, 2.75) is 90.2 Å². The molecule has 0 aliphatic heterocycles. The highest BCUT2D eigenvalue weighted by molar-refractivity contribution is 5.96. The molecule has 3 saturated carbocycles. The highest BCUT2D eigenvalue weighted by Crippen LogP contribution is 2.67. The van der Waals surface area contributed by atoms with Crippen LogP contribution in [0.15, 0.2) is 16.8 Å². The Hall–Kier alpha value is -2.75. The van der Waals surface area contributed by atoms with Crippen LogP contribution in [0.3, 0.4) is 0 Å². The van der Waals surface area contributed by atoms with Gasteiger partial charge in [0.15, 0.2) is 12.4 Å². The van der Waals surface area contributed by atoms with Gasteiger partial charge in [0.1, 0.15) is 11.6 Å². The maximum atomic E-state index is 12.4. The number of Topliss-reactive ketones (excluding diaryl/α,β-unsaturated/α-hetero) is 1. The number of carbonyl (C=O) groups is 4. The molecule has 3 fully saturated rings. The average molecular weight is 518 g/mol. The third-order valence-electron chi connectivity index (χ3n) is 10.1. The molecule has 37 heavy (non-hydrogen) atoms. The smallest absolute Gasteiger partial charge is 0.326 e. The number of nitrogens with two attached hydrogens (primary N) is 1. The van der Waals surface area contributed by atoms with Crippen molar-refractivity contribution in [1.29, 1.82) is 0 Å². The molecule has 204 valence electrons. The van der Waals surface area contributed by atoms with E-state index in [2.05, 4.69) is 30.4 Å². The highest BCUT2D eigenvalue weighted by atomic mass is 16.6. The molecule has 0 saturated heterocycles. The number of ketones is 1. The van der Waals surface area contributed by atoms with E-state index in [4.69, 9.17) is 15.7 Å². The van der Waals surface area contributed by atoms with E-state index in [1.54, 1.807) is 0 Å². The van der Waals surface area contributed by atoms with Crippen LogP contribution in [-0.2, 0) is 24.0 Å². The fourth-order valence-electron chi connectivity index (χ4n) is 8.05. The van der Waals surface area contributed by atoms with Crippen molar-refractivity contribution in [2.75, 3.05) is 6.61 Å². The molecule has 0 radical (unpaired) electrons.